The van der Waals surface area contributed by atoms with E-state index in [9.17, 15) is 33.9 Å². The van der Waals surface area contributed by atoms with Gasteiger partial charge in [0, 0.05) is 26.6 Å². The summed E-state index contributed by atoms with van der Waals surface area (Å²) in [7, 11) is 0. The highest BCUT2D eigenvalue weighted by Crippen LogP contribution is 2.21. The van der Waals surface area contributed by atoms with Gasteiger partial charge in [0.15, 0.2) is 5.96 Å². The van der Waals surface area contributed by atoms with E-state index in [1.165, 1.54) is 16.7 Å². The number of aliphatic carboxylic acids is 1. The average molecular weight is 567 g/mol. The molecule has 2 aliphatic heterocycles. The van der Waals surface area contributed by atoms with Gasteiger partial charge in [0.25, 0.3) is 0 Å². The summed E-state index contributed by atoms with van der Waals surface area (Å²) in [6.45, 7) is 5.47. The zero-order valence-corrected chi connectivity index (χ0v) is 23.3. The summed E-state index contributed by atoms with van der Waals surface area (Å²) in [4.78, 5) is 77.9. The highest BCUT2D eigenvalue weighted by atomic mass is 16.4. The maximum absolute atomic E-state index is 13.1. The van der Waals surface area contributed by atoms with Crippen LogP contribution >= 0.6 is 0 Å². The molecule has 2 heterocycles. The van der Waals surface area contributed by atoms with Crippen molar-refractivity contribution >= 4 is 41.5 Å². The van der Waals surface area contributed by atoms with Crippen molar-refractivity contribution in [3.8, 4) is 0 Å². The Kier molecular flexibility index (Phi) is 12.1. The van der Waals surface area contributed by atoms with Gasteiger partial charge in [-0.25, -0.2) is 4.79 Å². The summed E-state index contributed by atoms with van der Waals surface area (Å²) in [5.41, 5.74) is 5.20. The molecule has 0 spiro atoms. The first-order valence-electron chi connectivity index (χ1n) is 13.6. The van der Waals surface area contributed by atoms with Gasteiger partial charge < -0.3 is 41.9 Å². The van der Waals surface area contributed by atoms with Gasteiger partial charge in [-0.3, -0.25) is 29.4 Å². The summed E-state index contributed by atoms with van der Waals surface area (Å²) in [5, 5.41) is 26.9. The molecule has 0 aromatic carbocycles. The number of carbonyl (C=O) groups excluding carboxylic acids is 5. The highest BCUT2D eigenvalue weighted by molar-refractivity contribution is 5.95. The van der Waals surface area contributed by atoms with Crippen molar-refractivity contribution in [1.29, 1.82) is 5.41 Å². The van der Waals surface area contributed by atoms with Crippen LogP contribution in [0.5, 0.6) is 0 Å². The Bertz CT molecular complexity index is 988. The number of hydrogen-bond acceptors (Lipinski definition) is 7. The predicted octanol–water partition coefficient (Wildman–Crippen LogP) is -1.92. The summed E-state index contributed by atoms with van der Waals surface area (Å²) >= 11 is 0. The second-order valence-corrected chi connectivity index (χ2v) is 10.5. The van der Waals surface area contributed by atoms with Crippen LogP contribution in [0, 0.1) is 11.3 Å². The summed E-state index contributed by atoms with van der Waals surface area (Å²) in [5.74, 6) is -3.90. The van der Waals surface area contributed by atoms with Crippen molar-refractivity contribution in [3.63, 3.8) is 0 Å². The smallest absolute Gasteiger partial charge is 0.326 e. The molecule has 2 rings (SSSR count). The van der Waals surface area contributed by atoms with Gasteiger partial charge in [-0.05, 0) is 44.4 Å². The van der Waals surface area contributed by atoms with Crippen LogP contribution in [0.1, 0.15) is 59.3 Å². The van der Waals surface area contributed by atoms with Crippen molar-refractivity contribution in [1.82, 2.24) is 31.1 Å². The zero-order chi connectivity index (χ0) is 30.0. The molecule has 0 radical (unpaired) electrons. The van der Waals surface area contributed by atoms with E-state index >= 15 is 0 Å². The third kappa shape index (κ3) is 9.09. The van der Waals surface area contributed by atoms with Crippen LogP contribution in [0.2, 0.25) is 0 Å². The molecule has 0 aliphatic carbocycles. The number of nitrogens with two attached hydrogens (primary N) is 1. The minimum absolute atomic E-state index is 0.105. The molecule has 2 saturated heterocycles. The highest BCUT2D eigenvalue weighted by Gasteiger charge is 2.39. The first-order valence-corrected chi connectivity index (χ1v) is 13.6. The number of carbonyl (C=O) groups is 6. The lowest BCUT2D eigenvalue weighted by Crippen LogP contribution is -2.56. The van der Waals surface area contributed by atoms with Crippen LogP contribution in [0.25, 0.3) is 0 Å². The Morgan fingerprint density at radius 1 is 0.950 bits per heavy atom. The maximum Gasteiger partial charge on any atom is 0.326 e. The lowest BCUT2D eigenvalue weighted by molar-refractivity contribution is -0.144. The van der Waals surface area contributed by atoms with Gasteiger partial charge in [-0.1, -0.05) is 13.8 Å². The van der Waals surface area contributed by atoms with E-state index in [4.69, 9.17) is 11.1 Å². The zero-order valence-electron chi connectivity index (χ0n) is 23.3. The van der Waals surface area contributed by atoms with E-state index in [0.717, 1.165) is 0 Å². The molecule has 2 fully saturated rings. The van der Waals surface area contributed by atoms with Gasteiger partial charge in [0.05, 0.1) is 6.54 Å². The van der Waals surface area contributed by atoms with Gasteiger partial charge >= 0.3 is 5.97 Å². The fourth-order valence-electron chi connectivity index (χ4n) is 4.99. The van der Waals surface area contributed by atoms with Crippen LogP contribution in [0.3, 0.4) is 0 Å². The van der Waals surface area contributed by atoms with Crippen molar-refractivity contribution in [3.05, 3.63) is 0 Å². The molecule has 0 bridgehead atoms. The Labute approximate surface area is 233 Å². The number of nitrogens with zero attached hydrogens (tertiary/aromatic N) is 2. The number of rotatable bonds is 13. The van der Waals surface area contributed by atoms with E-state index in [0.29, 0.717) is 38.6 Å². The van der Waals surface area contributed by atoms with Crippen LogP contribution in [0.4, 0.5) is 0 Å². The van der Waals surface area contributed by atoms with Crippen molar-refractivity contribution in [2.24, 2.45) is 11.7 Å². The number of nitrogens with one attached hydrogen (secondary N) is 5. The first-order chi connectivity index (χ1) is 18.8. The fraction of sp³-hybridized carbons (Fsp3) is 0.720. The van der Waals surface area contributed by atoms with E-state index in [2.05, 4.69) is 21.3 Å². The van der Waals surface area contributed by atoms with Crippen molar-refractivity contribution < 1.29 is 33.9 Å². The minimum atomic E-state index is -1.21. The molecular weight excluding hydrogens is 524 g/mol. The van der Waals surface area contributed by atoms with Gasteiger partial charge in [0.1, 0.15) is 24.2 Å². The van der Waals surface area contributed by atoms with Crippen LogP contribution in [-0.2, 0) is 28.8 Å². The van der Waals surface area contributed by atoms with E-state index < -0.39 is 47.9 Å². The maximum atomic E-state index is 13.1. The fourth-order valence-corrected chi connectivity index (χ4v) is 4.99. The van der Waals surface area contributed by atoms with Gasteiger partial charge in [0.2, 0.25) is 29.5 Å². The second kappa shape index (κ2) is 15.0. The molecule has 0 aromatic rings. The molecule has 15 heteroatoms. The third-order valence-corrected chi connectivity index (χ3v) is 7.02. The van der Waals surface area contributed by atoms with E-state index in [1.54, 1.807) is 13.8 Å². The van der Waals surface area contributed by atoms with Gasteiger partial charge in [-0.2, -0.15) is 0 Å². The minimum Gasteiger partial charge on any atom is -0.480 e. The average Bonchev–Trinajstić information content (AvgIpc) is 3.56. The SMILES string of the molecule is CC(=O)N[C@H](C(=O)N1CCC[C@H]1C(=O)NCC(=O)N1CCC[C@H]1C(=O)N[C@@H](CCCNC(=N)N)C(=O)O)C(C)C. The lowest BCUT2D eigenvalue weighted by Gasteiger charge is -2.30. The molecule has 5 amide bonds. The lowest BCUT2D eigenvalue weighted by atomic mass is 10.0. The van der Waals surface area contributed by atoms with E-state index in [1.807, 2.05) is 0 Å². The molecular formula is C25H42N8O7. The molecule has 4 atom stereocenters. The first kappa shape index (κ1) is 32.3. The molecule has 224 valence electrons. The molecule has 15 nitrogen and oxygen atoms in total. The monoisotopic (exact) mass is 566 g/mol. The Morgan fingerprint density at radius 2 is 1.55 bits per heavy atom. The normalized spacial score (nSPS) is 20.0. The Hall–Kier alpha value is -3.91. The third-order valence-electron chi connectivity index (χ3n) is 7.02. The van der Waals surface area contributed by atoms with Crippen LogP contribution in [0.15, 0.2) is 0 Å². The number of amides is 5. The molecule has 0 unspecified atom stereocenters. The van der Waals surface area contributed by atoms with Crippen molar-refractivity contribution in [2.45, 2.75) is 83.5 Å². The Morgan fingerprint density at radius 3 is 2.10 bits per heavy atom. The number of hydrogen-bond donors (Lipinski definition) is 7. The van der Waals surface area contributed by atoms with Crippen molar-refractivity contribution in [2.75, 3.05) is 26.2 Å². The molecule has 8 N–H and O–H groups in total. The molecule has 40 heavy (non-hydrogen) atoms. The number of carboxylic acid groups (broad SMARTS) is 1. The number of likely N-dealkylation sites (tertiary alicyclic amines) is 2. The summed E-state index contributed by atoms with van der Waals surface area (Å²) in [6.07, 6.45) is 2.38. The summed E-state index contributed by atoms with van der Waals surface area (Å²) < 4.78 is 0. The number of carboxylic acids is 1. The van der Waals surface area contributed by atoms with Crippen LogP contribution in [-0.4, -0.2) is 107 Å². The topological polar surface area (TPSA) is 227 Å². The quantitative estimate of drug-likeness (QED) is 0.0747. The number of guanidine groups is 1. The van der Waals surface area contributed by atoms with Gasteiger partial charge in [-0.15, -0.1) is 0 Å². The van der Waals surface area contributed by atoms with E-state index in [-0.39, 0.29) is 49.7 Å². The van der Waals surface area contributed by atoms with Crippen LogP contribution < -0.4 is 27.0 Å². The standard InChI is InChI=1S/C25H42N8O7/c1-14(2)20(30-15(3)34)23(38)33-12-6-8-17(33)21(36)29-13-19(35)32-11-5-9-18(32)22(37)31-16(24(39)40)7-4-10-28-25(26)27/h14,16-18,20H,4-13H2,1-3H3,(H,29,36)(H,30,34)(H,31,37)(H,39,40)(H4,26,27,28)/t16-,17-,18-,20-/m0/s1. The molecule has 0 saturated carbocycles. The Balaban J connectivity index is 1.94. The molecule has 0 aromatic heterocycles. The largest absolute Gasteiger partial charge is 0.480 e. The summed E-state index contributed by atoms with van der Waals surface area (Å²) in [6, 6.07) is -3.58. The molecule has 2 aliphatic rings. The second-order valence-electron chi connectivity index (χ2n) is 10.5. The predicted molar refractivity (Wildman–Crippen MR) is 144 cm³/mol.